The average Bonchev–Trinajstić information content (AvgIpc) is 3.17. The van der Waals surface area contributed by atoms with Crippen molar-refractivity contribution in [2.45, 2.75) is 39.2 Å². The molecule has 20 heavy (non-hydrogen) atoms. The van der Waals surface area contributed by atoms with Crippen molar-refractivity contribution in [2.24, 2.45) is 5.41 Å². The number of hydrogen-bond donors (Lipinski definition) is 2. The predicted molar refractivity (Wildman–Crippen MR) is 79.7 cm³/mol. The molecule has 1 aliphatic rings. The van der Waals surface area contributed by atoms with E-state index in [9.17, 15) is 4.79 Å². The summed E-state index contributed by atoms with van der Waals surface area (Å²) in [6.45, 7) is 5.58. The zero-order valence-corrected chi connectivity index (χ0v) is 12.6. The van der Waals surface area contributed by atoms with Crippen LogP contribution in [0.4, 0.5) is 5.69 Å². The van der Waals surface area contributed by atoms with Crippen LogP contribution in [0.5, 0.6) is 0 Å². The lowest BCUT2D eigenvalue weighted by Crippen LogP contribution is -2.35. The molecule has 3 N–H and O–H groups in total. The Morgan fingerprint density at radius 1 is 1.55 bits per heavy atom. The van der Waals surface area contributed by atoms with Gasteiger partial charge in [-0.05, 0) is 30.7 Å². The van der Waals surface area contributed by atoms with Gasteiger partial charge in [-0.25, -0.2) is 0 Å². The Balaban J connectivity index is 1.95. The molecule has 0 bridgehead atoms. The number of carbonyl (C=O) groups excluding carboxylic acids is 1. The highest BCUT2D eigenvalue weighted by atomic mass is 16.5. The van der Waals surface area contributed by atoms with E-state index in [4.69, 9.17) is 10.5 Å². The largest absolute Gasteiger partial charge is 0.397 e. The van der Waals surface area contributed by atoms with E-state index in [1.165, 1.54) is 0 Å². The highest BCUT2D eigenvalue weighted by molar-refractivity contribution is 5.93. The number of nitrogen functional groups attached to an aromatic ring is 1. The second-order valence-corrected chi connectivity index (χ2v) is 6.39. The molecule has 0 radical (unpaired) electrons. The predicted octanol–water partition coefficient (Wildman–Crippen LogP) is 2.20. The zero-order chi connectivity index (χ0) is 14.8. The molecule has 1 fully saturated rings. The van der Waals surface area contributed by atoms with E-state index in [0.717, 1.165) is 19.3 Å². The monoisotopic (exact) mass is 279 g/mol. The van der Waals surface area contributed by atoms with Crippen molar-refractivity contribution in [3.63, 3.8) is 0 Å². The van der Waals surface area contributed by atoms with Gasteiger partial charge in [0, 0.05) is 32.5 Å². The summed E-state index contributed by atoms with van der Waals surface area (Å²) in [5, 5.41) is 3.01. The van der Waals surface area contributed by atoms with E-state index >= 15 is 0 Å². The van der Waals surface area contributed by atoms with Gasteiger partial charge in [0.05, 0.1) is 5.69 Å². The third-order valence-electron chi connectivity index (χ3n) is 3.75. The Kier molecular flexibility index (Phi) is 4.38. The first-order valence-electron chi connectivity index (χ1n) is 7.17. The quantitative estimate of drug-likeness (QED) is 0.804. The summed E-state index contributed by atoms with van der Waals surface area (Å²) in [6.07, 6.45) is 5.04. The van der Waals surface area contributed by atoms with Gasteiger partial charge in [-0.1, -0.05) is 13.8 Å². The van der Waals surface area contributed by atoms with Crippen LogP contribution in [0.15, 0.2) is 12.3 Å². The van der Waals surface area contributed by atoms with E-state index < -0.39 is 0 Å². The van der Waals surface area contributed by atoms with Crippen molar-refractivity contribution in [3.05, 3.63) is 18.0 Å². The number of carbonyl (C=O) groups is 1. The molecule has 1 aromatic heterocycles. The van der Waals surface area contributed by atoms with Gasteiger partial charge in [0.25, 0.3) is 5.91 Å². The van der Waals surface area contributed by atoms with Crippen LogP contribution in [0, 0.1) is 5.41 Å². The van der Waals surface area contributed by atoms with Gasteiger partial charge in [-0.15, -0.1) is 0 Å². The number of methoxy groups -OCH3 is 1. The number of nitrogens with one attached hydrogen (secondary N) is 1. The third kappa shape index (κ3) is 3.76. The Bertz CT molecular complexity index is 475. The van der Waals surface area contributed by atoms with Crippen LogP contribution >= 0.6 is 0 Å². The molecule has 1 aliphatic carbocycles. The molecule has 0 aromatic carbocycles. The molecule has 1 heterocycles. The highest BCUT2D eigenvalue weighted by Crippen LogP contribution is 2.37. The Labute approximate surface area is 120 Å². The summed E-state index contributed by atoms with van der Waals surface area (Å²) in [4.78, 5) is 12.3. The lowest BCUT2D eigenvalue weighted by molar-refractivity contribution is 0.0911. The van der Waals surface area contributed by atoms with Gasteiger partial charge >= 0.3 is 0 Å². The van der Waals surface area contributed by atoms with Crippen LogP contribution in [-0.4, -0.2) is 30.7 Å². The minimum atomic E-state index is -0.0425. The molecule has 1 aromatic rings. The molecule has 1 saturated carbocycles. The first kappa shape index (κ1) is 14.9. The first-order valence-corrected chi connectivity index (χ1v) is 7.17. The molecule has 5 heteroatoms. The maximum absolute atomic E-state index is 12.3. The van der Waals surface area contributed by atoms with Crippen molar-refractivity contribution < 1.29 is 9.53 Å². The zero-order valence-electron chi connectivity index (χ0n) is 12.6. The summed E-state index contributed by atoms with van der Waals surface area (Å²) in [6, 6.07) is 2.21. The minimum absolute atomic E-state index is 0.0220. The number of nitrogens with two attached hydrogens (primary N) is 1. The molecule has 0 aliphatic heterocycles. The van der Waals surface area contributed by atoms with Crippen molar-refractivity contribution in [1.29, 1.82) is 0 Å². The van der Waals surface area contributed by atoms with E-state index in [0.29, 0.717) is 30.6 Å². The van der Waals surface area contributed by atoms with Gasteiger partial charge in [0.1, 0.15) is 5.69 Å². The fourth-order valence-corrected chi connectivity index (χ4v) is 2.21. The number of rotatable bonds is 7. The molecule has 5 nitrogen and oxygen atoms in total. The lowest BCUT2D eigenvalue weighted by atomic mass is 9.89. The minimum Gasteiger partial charge on any atom is -0.397 e. The van der Waals surface area contributed by atoms with Crippen molar-refractivity contribution in [3.8, 4) is 0 Å². The smallest absolute Gasteiger partial charge is 0.268 e. The summed E-state index contributed by atoms with van der Waals surface area (Å²) in [7, 11) is 1.69. The van der Waals surface area contributed by atoms with Crippen LogP contribution < -0.4 is 11.1 Å². The van der Waals surface area contributed by atoms with E-state index in [2.05, 4.69) is 19.2 Å². The third-order valence-corrected chi connectivity index (χ3v) is 3.75. The van der Waals surface area contributed by atoms with Crippen LogP contribution in [0.2, 0.25) is 0 Å². The standard InChI is InChI=1S/C15H25N3O2/c1-15(2,6-7-20-3)10-17-14(19)13-8-11(16)9-18(13)12-4-5-12/h8-9,12H,4-7,10,16H2,1-3H3,(H,17,19). The number of amides is 1. The summed E-state index contributed by atoms with van der Waals surface area (Å²) >= 11 is 0. The molecule has 0 saturated heterocycles. The van der Waals surface area contributed by atoms with Gasteiger partial charge in [-0.3, -0.25) is 4.79 Å². The van der Waals surface area contributed by atoms with Gasteiger partial charge < -0.3 is 20.4 Å². The van der Waals surface area contributed by atoms with Gasteiger partial charge in [-0.2, -0.15) is 0 Å². The highest BCUT2D eigenvalue weighted by Gasteiger charge is 2.28. The number of ether oxygens (including phenoxy) is 1. The van der Waals surface area contributed by atoms with Crippen molar-refractivity contribution in [1.82, 2.24) is 9.88 Å². The Morgan fingerprint density at radius 2 is 2.25 bits per heavy atom. The van der Waals surface area contributed by atoms with Crippen LogP contribution in [0.25, 0.3) is 0 Å². The van der Waals surface area contributed by atoms with Crippen molar-refractivity contribution >= 4 is 11.6 Å². The molecule has 2 rings (SSSR count). The number of aromatic nitrogens is 1. The van der Waals surface area contributed by atoms with Gasteiger partial charge in [0.15, 0.2) is 0 Å². The summed E-state index contributed by atoms with van der Waals surface area (Å²) < 4.78 is 7.10. The average molecular weight is 279 g/mol. The second kappa shape index (κ2) is 5.87. The molecular weight excluding hydrogens is 254 g/mol. The van der Waals surface area contributed by atoms with E-state index in [1.54, 1.807) is 13.2 Å². The molecule has 112 valence electrons. The molecular formula is C15H25N3O2. The fraction of sp³-hybridized carbons (Fsp3) is 0.667. The number of hydrogen-bond acceptors (Lipinski definition) is 3. The van der Waals surface area contributed by atoms with Crippen LogP contribution in [-0.2, 0) is 4.74 Å². The fourth-order valence-electron chi connectivity index (χ4n) is 2.21. The Hall–Kier alpha value is -1.49. The maximum Gasteiger partial charge on any atom is 0.268 e. The number of nitrogens with zero attached hydrogens (tertiary/aromatic N) is 1. The topological polar surface area (TPSA) is 69.3 Å². The first-order chi connectivity index (χ1) is 9.43. The van der Waals surface area contributed by atoms with E-state index in [-0.39, 0.29) is 11.3 Å². The van der Waals surface area contributed by atoms with Gasteiger partial charge in [0.2, 0.25) is 0 Å². The maximum atomic E-state index is 12.3. The molecule has 1 amide bonds. The second-order valence-electron chi connectivity index (χ2n) is 6.39. The van der Waals surface area contributed by atoms with Crippen molar-refractivity contribution in [2.75, 3.05) is 26.0 Å². The van der Waals surface area contributed by atoms with E-state index in [1.807, 2.05) is 10.8 Å². The number of anilines is 1. The summed E-state index contributed by atoms with van der Waals surface area (Å²) in [5.74, 6) is -0.0425. The molecule has 0 spiro atoms. The lowest BCUT2D eigenvalue weighted by Gasteiger charge is -2.24. The Morgan fingerprint density at radius 3 is 2.85 bits per heavy atom. The van der Waals surface area contributed by atoms with Crippen LogP contribution in [0.3, 0.4) is 0 Å². The van der Waals surface area contributed by atoms with Crippen LogP contribution in [0.1, 0.15) is 49.6 Å². The SMILES string of the molecule is COCCC(C)(C)CNC(=O)c1cc(N)cn1C1CC1. The molecule has 0 unspecified atom stereocenters. The molecule has 0 atom stereocenters. The normalized spacial score (nSPS) is 15.3. The summed E-state index contributed by atoms with van der Waals surface area (Å²) in [5.41, 5.74) is 7.16.